The van der Waals surface area contributed by atoms with Gasteiger partial charge >= 0.3 is 5.69 Å². The second-order valence-corrected chi connectivity index (χ2v) is 6.98. The number of hydrogen-bond acceptors (Lipinski definition) is 5. The van der Waals surface area contributed by atoms with Crippen molar-refractivity contribution in [1.29, 1.82) is 0 Å². The van der Waals surface area contributed by atoms with Crippen LogP contribution in [0.1, 0.15) is 22.8 Å². The SMILES string of the molecule is COCCNC(=O)Cn1c(=O)n(-c2ccc(C(C)=O)cc2)c(=O)c2cc(C)ccc21. The van der Waals surface area contributed by atoms with Crippen molar-refractivity contribution >= 4 is 22.6 Å². The second kappa shape index (κ2) is 8.87. The molecule has 1 N–H and O–H groups in total. The van der Waals surface area contributed by atoms with E-state index in [0.717, 1.165) is 10.1 Å². The van der Waals surface area contributed by atoms with Crippen molar-refractivity contribution < 1.29 is 14.3 Å². The molecular formula is C22H23N3O5. The molecule has 2 aromatic carbocycles. The number of nitrogens with one attached hydrogen (secondary N) is 1. The Morgan fingerprint density at radius 3 is 2.40 bits per heavy atom. The van der Waals surface area contributed by atoms with Gasteiger partial charge in [0.15, 0.2) is 5.78 Å². The molecule has 0 saturated heterocycles. The van der Waals surface area contributed by atoms with Crippen LogP contribution >= 0.6 is 0 Å². The number of rotatable bonds is 7. The summed E-state index contributed by atoms with van der Waals surface area (Å²) in [5.74, 6) is -0.485. The molecule has 0 aliphatic rings. The zero-order valence-electron chi connectivity index (χ0n) is 17.1. The largest absolute Gasteiger partial charge is 0.383 e. The van der Waals surface area contributed by atoms with Gasteiger partial charge in [-0.05, 0) is 50.2 Å². The molecule has 0 unspecified atom stereocenters. The number of benzene rings is 2. The first-order valence-electron chi connectivity index (χ1n) is 9.46. The average Bonchev–Trinajstić information content (AvgIpc) is 2.72. The van der Waals surface area contributed by atoms with Crippen LogP contribution < -0.4 is 16.6 Å². The third-order valence-corrected chi connectivity index (χ3v) is 4.76. The number of ether oxygens (including phenoxy) is 1. The Labute approximate surface area is 172 Å². The minimum Gasteiger partial charge on any atom is -0.383 e. The number of ketones is 1. The predicted octanol–water partition coefficient (Wildman–Crippen LogP) is 1.43. The van der Waals surface area contributed by atoms with E-state index in [2.05, 4.69) is 5.32 Å². The third-order valence-electron chi connectivity index (χ3n) is 4.76. The van der Waals surface area contributed by atoms with E-state index < -0.39 is 11.2 Å². The summed E-state index contributed by atoms with van der Waals surface area (Å²) < 4.78 is 7.21. The number of amides is 1. The van der Waals surface area contributed by atoms with E-state index in [1.807, 2.05) is 6.92 Å². The molecule has 3 aromatic rings. The van der Waals surface area contributed by atoms with Crippen molar-refractivity contribution in [3.05, 3.63) is 74.4 Å². The highest BCUT2D eigenvalue weighted by atomic mass is 16.5. The fourth-order valence-electron chi connectivity index (χ4n) is 3.21. The molecule has 8 nitrogen and oxygen atoms in total. The third kappa shape index (κ3) is 4.23. The minimum atomic E-state index is -0.631. The highest BCUT2D eigenvalue weighted by Crippen LogP contribution is 2.13. The van der Waals surface area contributed by atoms with Crippen molar-refractivity contribution in [3.63, 3.8) is 0 Å². The van der Waals surface area contributed by atoms with E-state index in [1.54, 1.807) is 42.5 Å². The summed E-state index contributed by atoms with van der Waals surface area (Å²) in [6, 6.07) is 11.4. The molecule has 0 spiro atoms. The Balaban J connectivity index is 2.18. The Bertz CT molecular complexity index is 1220. The topological polar surface area (TPSA) is 99.4 Å². The van der Waals surface area contributed by atoms with Gasteiger partial charge in [0.25, 0.3) is 5.56 Å². The molecule has 1 heterocycles. The number of aryl methyl sites for hydroxylation is 1. The van der Waals surface area contributed by atoms with E-state index in [-0.39, 0.29) is 18.2 Å². The second-order valence-electron chi connectivity index (χ2n) is 6.98. The van der Waals surface area contributed by atoms with E-state index in [1.165, 1.54) is 18.6 Å². The zero-order chi connectivity index (χ0) is 21.8. The van der Waals surface area contributed by atoms with Crippen molar-refractivity contribution in [2.75, 3.05) is 20.3 Å². The lowest BCUT2D eigenvalue weighted by molar-refractivity contribution is -0.121. The Hall–Kier alpha value is -3.52. The minimum absolute atomic E-state index is 0.117. The van der Waals surface area contributed by atoms with Crippen LogP contribution in [-0.4, -0.2) is 41.1 Å². The van der Waals surface area contributed by atoms with Gasteiger partial charge in [-0.3, -0.25) is 19.0 Å². The molecule has 8 heteroatoms. The van der Waals surface area contributed by atoms with E-state index in [4.69, 9.17) is 4.74 Å². The van der Waals surface area contributed by atoms with Gasteiger partial charge in [-0.2, -0.15) is 0 Å². The molecule has 156 valence electrons. The molecule has 3 rings (SSSR count). The molecule has 1 amide bonds. The Morgan fingerprint density at radius 2 is 1.77 bits per heavy atom. The number of carbonyl (C=O) groups is 2. The first kappa shape index (κ1) is 21.2. The van der Waals surface area contributed by atoms with Crippen molar-refractivity contribution in [1.82, 2.24) is 14.5 Å². The molecule has 0 aliphatic heterocycles. The summed E-state index contributed by atoms with van der Waals surface area (Å²) in [4.78, 5) is 50.2. The van der Waals surface area contributed by atoms with Crippen LogP contribution in [0.15, 0.2) is 52.1 Å². The fourth-order valence-corrected chi connectivity index (χ4v) is 3.21. The van der Waals surface area contributed by atoms with Gasteiger partial charge in [-0.15, -0.1) is 0 Å². The van der Waals surface area contributed by atoms with Gasteiger partial charge in [0.1, 0.15) is 6.54 Å². The molecular weight excluding hydrogens is 386 g/mol. The molecule has 0 bridgehead atoms. The van der Waals surface area contributed by atoms with Crippen LogP contribution in [-0.2, 0) is 16.1 Å². The number of Topliss-reactive ketones (excluding diaryl/α,β-unsaturated/α-hetero) is 1. The number of methoxy groups -OCH3 is 1. The van der Waals surface area contributed by atoms with Crippen LogP contribution in [0, 0.1) is 6.92 Å². The molecule has 0 radical (unpaired) electrons. The van der Waals surface area contributed by atoms with Crippen LogP contribution in [0.4, 0.5) is 0 Å². The number of aromatic nitrogens is 2. The molecule has 0 saturated carbocycles. The van der Waals surface area contributed by atoms with Crippen LogP contribution in [0.2, 0.25) is 0 Å². The maximum atomic E-state index is 13.2. The average molecular weight is 409 g/mol. The monoisotopic (exact) mass is 409 g/mol. The van der Waals surface area contributed by atoms with Gasteiger partial charge in [-0.1, -0.05) is 11.6 Å². The maximum Gasteiger partial charge on any atom is 0.336 e. The molecule has 30 heavy (non-hydrogen) atoms. The van der Waals surface area contributed by atoms with Gasteiger partial charge in [-0.25, -0.2) is 9.36 Å². The lowest BCUT2D eigenvalue weighted by Gasteiger charge is -2.15. The summed E-state index contributed by atoms with van der Waals surface area (Å²) in [6.07, 6.45) is 0. The lowest BCUT2D eigenvalue weighted by Crippen LogP contribution is -2.42. The molecule has 0 atom stereocenters. The van der Waals surface area contributed by atoms with Gasteiger partial charge < -0.3 is 10.1 Å². The first-order chi connectivity index (χ1) is 14.3. The highest BCUT2D eigenvalue weighted by molar-refractivity contribution is 5.94. The predicted molar refractivity (Wildman–Crippen MR) is 113 cm³/mol. The van der Waals surface area contributed by atoms with Crippen molar-refractivity contribution in [2.45, 2.75) is 20.4 Å². The summed E-state index contributed by atoms with van der Waals surface area (Å²) in [5, 5.41) is 3.01. The van der Waals surface area contributed by atoms with E-state index in [0.29, 0.717) is 35.3 Å². The Morgan fingerprint density at radius 1 is 1.07 bits per heavy atom. The Kier molecular flexibility index (Phi) is 6.27. The highest BCUT2D eigenvalue weighted by Gasteiger charge is 2.17. The normalized spacial score (nSPS) is 10.9. The van der Waals surface area contributed by atoms with Crippen LogP contribution in [0.5, 0.6) is 0 Å². The zero-order valence-corrected chi connectivity index (χ0v) is 17.1. The van der Waals surface area contributed by atoms with Gasteiger partial charge in [0.05, 0.1) is 23.2 Å². The lowest BCUT2D eigenvalue weighted by atomic mass is 10.1. The van der Waals surface area contributed by atoms with Crippen LogP contribution in [0.3, 0.4) is 0 Å². The van der Waals surface area contributed by atoms with Gasteiger partial charge in [0.2, 0.25) is 5.91 Å². The van der Waals surface area contributed by atoms with Gasteiger partial charge in [0, 0.05) is 19.2 Å². The van der Waals surface area contributed by atoms with Crippen molar-refractivity contribution in [3.8, 4) is 5.69 Å². The quantitative estimate of drug-likeness (QED) is 0.470. The van der Waals surface area contributed by atoms with E-state index >= 15 is 0 Å². The van der Waals surface area contributed by atoms with Crippen molar-refractivity contribution in [2.24, 2.45) is 0 Å². The summed E-state index contributed by atoms with van der Waals surface area (Å²) in [6.45, 7) is 3.71. The summed E-state index contributed by atoms with van der Waals surface area (Å²) >= 11 is 0. The van der Waals surface area contributed by atoms with E-state index in [9.17, 15) is 19.2 Å². The smallest absolute Gasteiger partial charge is 0.336 e. The summed E-state index contributed by atoms with van der Waals surface area (Å²) in [5.41, 5.74) is 0.925. The molecule has 0 fully saturated rings. The number of carbonyl (C=O) groups excluding carboxylic acids is 2. The number of fused-ring (bicyclic) bond motifs is 1. The number of nitrogens with zero attached hydrogens (tertiary/aromatic N) is 2. The first-order valence-corrected chi connectivity index (χ1v) is 9.46. The maximum absolute atomic E-state index is 13.2. The summed E-state index contributed by atoms with van der Waals surface area (Å²) in [7, 11) is 1.53. The fraction of sp³-hybridized carbons (Fsp3) is 0.273. The molecule has 0 aliphatic carbocycles. The number of hydrogen-bond donors (Lipinski definition) is 1. The van der Waals surface area contributed by atoms with Crippen LogP contribution in [0.25, 0.3) is 16.6 Å². The standard InChI is InChI=1S/C22H23N3O5/c1-14-4-9-19-18(12-14)21(28)25(17-7-5-16(6-8-17)15(2)26)22(29)24(19)13-20(27)23-10-11-30-3/h4-9,12H,10-11,13H2,1-3H3,(H,23,27). The molecule has 1 aromatic heterocycles.